The fraction of sp³-hybridized carbons (Fsp3) is 0.483. The molecule has 16 nitrogen and oxygen atoms in total. The van der Waals surface area contributed by atoms with Crippen molar-refractivity contribution in [2.45, 2.75) is 122 Å². The number of likely N-dealkylation sites (tertiary alicyclic amines) is 2. The van der Waals surface area contributed by atoms with Gasteiger partial charge in [0, 0.05) is 55.1 Å². The molecule has 4 saturated heterocycles. The quantitative estimate of drug-likeness (QED) is 0.0767. The zero-order chi connectivity index (χ0) is 55.1. The summed E-state index contributed by atoms with van der Waals surface area (Å²) in [6, 6.07) is 14.2. The average molecular weight is 1080 g/mol. The van der Waals surface area contributed by atoms with Gasteiger partial charge in [-0.2, -0.15) is 0 Å². The first-order valence-corrected chi connectivity index (χ1v) is 27.3. The van der Waals surface area contributed by atoms with Crippen LogP contribution in [0.1, 0.15) is 132 Å². The molecule has 4 aliphatic heterocycles. The number of benzene rings is 4. The Morgan fingerprint density at radius 2 is 1.06 bits per heavy atom. The van der Waals surface area contributed by atoms with Gasteiger partial charge in [0.15, 0.2) is 11.6 Å². The Labute approximate surface area is 450 Å². The number of amides is 4. The summed E-state index contributed by atoms with van der Waals surface area (Å²) in [7, 11) is 2.46. The standard InChI is InChI=1S/C58H68F4N10O6/c1-31(2)50(67-57(75)77-5)55(73)70-20-10-14-48(70)53-63-42-27-36(38(59)29-44(42)65-53)46-16-17-47(72(46)35-25-40(61)52(41(62)26-35)69-22-18-34(19-23-69)24-33-12-8-7-9-13-33)37-28-43-45(30-39(37)60)66-54(64-43)49-15-11-21-71(49)56(74)51(32(3)4)68-58(76)78-6/h7-9,12-13,25-32,34,46-51H,10-11,14-24H2,1-6H3,(H,63,65)(H,64,66)(H,67,75)(H,68,76)/t46-,47-,48+,49?,50+,51+/m1/s1. The first-order chi connectivity index (χ1) is 37.5. The van der Waals surface area contributed by atoms with Crippen molar-refractivity contribution in [2.24, 2.45) is 17.8 Å². The lowest BCUT2D eigenvalue weighted by Gasteiger charge is -2.36. The van der Waals surface area contributed by atoms with Crippen LogP contribution in [0.25, 0.3) is 22.1 Å². The number of carbonyl (C=O) groups is 4. The van der Waals surface area contributed by atoms with Crippen LogP contribution in [0, 0.1) is 41.0 Å². The van der Waals surface area contributed by atoms with E-state index in [0.717, 1.165) is 19.3 Å². The van der Waals surface area contributed by atoms with E-state index in [2.05, 4.69) is 32.7 Å². The molecule has 0 saturated carbocycles. The van der Waals surface area contributed by atoms with Gasteiger partial charge in [-0.25, -0.2) is 37.1 Å². The molecule has 78 heavy (non-hydrogen) atoms. The van der Waals surface area contributed by atoms with E-state index in [4.69, 9.17) is 19.4 Å². The van der Waals surface area contributed by atoms with Crippen LogP contribution in [0.3, 0.4) is 0 Å². The van der Waals surface area contributed by atoms with Crippen molar-refractivity contribution in [3.63, 3.8) is 0 Å². The number of aromatic nitrogens is 4. The Morgan fingerprint density at radius 1 is 0.603 bits per heavy atom. The molecule has 0 radical (unpaired) electrons. The molecule has 10 rings (SSSR count). The fourth-order valence-electron chi connectivity index (χ4n) is 12.4. The summed E-state index contributed by atoms with van der Waals surface area (Å²) in [4.78, 5) is 75.5. The number of alkyl carbamates (subject to hydrolysis) is 2. The van der Waals surface area contributed by atoms with E-state index in [1.807, 2.05) is 45.9 Å². The number of methoxy groups -OCH3 is 2. The Morgan fingerprint density at radius 3 is 1.50 bits per heavy atom. The minimum atomic E-state index is -0.858. The molecule has 1 unspecified atom stereocenters. The van der Waals surface area contributed by atoms with E-state index in [9.17, 15) is 19.2 Å². The third-order valence-corrected chi connectivity index (χ3v) is 16.4. The van der Waals surface area contributed by atoms with Gasteiger partial charge in [0.1, 0.15) is 41.1 Å². The second kappa shape index (κ2) is 22.5. The van der Waals surface area contributed by atoms with E-state index >= 15 is 17.6 Å². The Balaban J connectivity index is 0.986. The van der Waals surface area contributed by atoms with Crippen LogP contribution in [-0.2, 0) is 25.5 Å². The molecule has 4 amide bonds. The molecule has 20 heteroatoms. The lowest BCUT2D eigenvalue weighted by Crippen LogP contribution is -2.51. The Kier molecular flexibility index (Phi) is 15.6. The third-order valence-electron chi connectivity index (χ3n) is 16.4. The van der Waals surface area contributed by atoms with Gasteiger partial charge in [0.05, 0.1) is 60.5 Å². The number of piperidine rings is 1. The molecule has 6 aromatic rings. The van der Waals surface area contributed by atoms with Crippen molar-refractivity contribution >= 4 is 57.4 Å². The molecule has 0 spiro atoms. The van der Waals surface area contributed by atoms with Crippen molar-refractivity contribution in [3.8, 4) is 0 Å². The van der Waals surface area contributed by atoms with Crippen molar-refractivity contribution in [3.05, 3.63) is 118 Å². The summed E-state index contributed by atoms with van der Waals surface area (Å²) in [6.45, 7) is 9.05. The number of halogens is 4. The topological polar surface area (TPSA) is 181 Å². The molecule has 6 atom stereocenters. The molecule has 4 aromatic carbocycles. The monoisotopic (exact) mass is 1080 g/mol. The van der Waals surface area contributed by atoms with Crippen molar-refractivity contribution in [2.75, 3.05) is 50.2 Å². The number of hydrogen-bond donors (Lipinski definition) is 4. The highest BCUT2D eigenvalue weighted by Gasteiger charge is 2.42. The zero-order valence-electron chi connectivity index (χ0n) is 44.9. The number of anilines is 2. The first-order valence-electron chi connectivity index (χ1n) is 27.3. The predicted octanol–water partition coefficient (Wildman–Crippen LogP) is 10.6. The van der Waals surface area contributed by atoms with Crippen LogP contribution in [0.2, 0.25) is 0 Å². The minimum absolute atomic E-state index is 0.107. The molecule has 6 heterocycles. The zero-order valence-corrected chi connectivity index (χ0v) is 44.9. The van der Waals surface area contributed by atoms with Crippen LogP contribution in [0.4, 0.5) is 38.5 Å². The fourth-order valence-corrected chi connectivity index (χ4v) is 12.4. The van der Waals surface area contributed by atoms with E-state index in [1.165, 1.54) is 44.0 Å². The van der Waals surface area contributed by atoms with Gasteiger partial charge in [0.2, 0.25) is 11.8 Å². The Bertz CT molecular complexity index is 3020. The normalized spacial score (nSPS) is 20.8. The lowest BCUT2D eigenvalue weighted by atomic mass is 9.90. The molecule has 4 fully saturated rings. The summed E-state index contributed by atoms with van der Waals surface area (Å²) in [5.41, 5.74) is 3.14. The molecule has 0 bridgehead atoms. The number of rotatable bonds is 14. The molecule has 4 aliphatic rings. The predicted molar refractivity (Wildman–Crippen MR) is 286 cm³/mol. The van der Waals surface area contributed by atoms with Crippen LogP contribution < -0.4 is 20.4 Å². The highest BCUT2D eigenvalue weighted by molar-refractivity contribution is 5.88. The molecular formula is C58H68F4N10O6. The van der Waals surface area contributed by atoms with Crippen LogP contribution in [0.5, 0.6) is 0 Å². The van der Waals surface area contributed by atoms with Crippen LogP contribution >= 0.6 is 0 Å². The summed E-state index contributed by atoms with van der Waals surface area (Å²) in [5, 5.41) is 5.31. The number of ether oxygens (including phenoxy) is 2. The number of nitrogens with one attached hydrogen (secondary N) is 4. The van der Waals surface area contributed by atoms with Gasteiger partial charge < -0.3 is 49.7 Å². The average Bonchev–Trinajstić information content (AvgIpc) is 4.33. The summed E-state index contributed by atoms with van der Waals surface area (Å²) < 4.78 is 77.3. The summed E-state index contributed by atoms with van der Waals surface area (Å²) >= 11 is 0. The van der Waals surface area contributed by atoms with Gasteiger partial charge >= 0.3 is 12.2 Å². The molecule has 414 valence electrons. The van der Waals surface area contributed by atoms with Gasteiger partial charge in [-0.1, -0.05) is 58.0 Å². The van der Waals surface area contributed by atoms with Gasteiger partial charge in [-0.05, 0) is 105 Å². The molecule has 4 N–H and O–H groups in total. The number of hydrogen-bond acceptors (Lipinski definition) is 10. The van der Waals surface area contributed by atoms with E-state index in [1.54, 1.807) is 31.7 Å². The van der Waals surface area contributed by atoms with Gasteiger partial charge in [0.25, 0.3) is 0 Å². The number of imidazole rings is 2. The van der Waals surface area contributed by atoms with Gasteiger partial charge in [-0.3, -0.25) is 9.59 Å². The maximum Gasteiger partial charge on any atom is 0.407 e. The number of carbonyl (C=O) groups excluding carboxylic acids is 4. The maximum atomic E-state index is 17.0. The first kappa shape index (κ1) is 54.0. The van der Waals surface area contributed by atoms with E-state index < -0.39 is 71.7 Å². The summed E-state index contributed by atoms with van der Waals surface area (Å²) in [6.07, 6.45) is 3.94. The van der Waals surface area contributed by atoms with Crippen LogP contribution in [-0.4, -0.2) is 106 Å². The number of H-pyrrole nitrogens is 2. The van der Waals surface area contributed by atoms with Crippen LogP contribution in [0.15, 0.2) is 66.7 Å². The number of aromatic amines is 2. The molecule has 2 aromatic heterocycles. The second-order valence-electron chi connectivity index (χ2n) is 22.0. The lowest BCUT2D eigenvalue weighted by molar-refractivity contribution is -0.136. The van der Waals surface area contributed by atoms with E-state index in [-0.39, 0.29) is 59.0 Å². The van der Waals surface area contributed by atoms with Gasteiger partial charge in [-0.15, -0.1) is 0 Å². The Hall–Kier alpha value is -7.38. The molecule has 0 aliphatic carbocycles. The highest BCUT2D eigenvalue weighted by Crippen LogP contribution is 2.50. The molecular weight excluding hydrogens is 1010 g/mol. The smallest absolute Gasteiger partial charge is 0.407 e. The number of nitrogens with zero attached hydrogens (tertiary/aromatic N) is 6. The third kappa shape index (κ3) is 10.7. The summed E-state index contributed by atoms with van der Waals surface area (Å²) in [5.74, 6) is -2.68. The highest BCUT2D eigenvalue weighted by atomic mass is 19.1. The van der Waals surface area contributed by atoms with Crippen molar-refractivity contribution in [1.29, 1.82) is 0 Å². The number of fused-ring (bicyclic) bond motifs is 2. The van der Waals surface area contributed by atoms with Crippen molar-refractivity contribution in [1.82, 2.24) is 40.4 Å². The maximum absolute atomic E-state index is 17.0. The minimum Gasteiger partial charge on any atom is -0.453 e. The largest absolute Gasteiger partial charge is 0.453 e. The second-order valence-corrected chi connectivity index (χ2v) is 22.0. The SMILES string of the molecule is COC(=O)N[C@H](C(=O)N1CCCC1c1nc2cc(F)c([C@H]3CC[C@H](c4cc5[nH]c([C@@H]6CCCN6C(=O)[C@@H](NC(=O)OC)C(C)C)nc5cc4F)N3c3cc(F)c(N4CCC(Cc5ccccc5)CC4)c(F)c3)cc2[nH]1)C(C)C. The van der Waals surface area contributed by atoms with Crippen molar-refractivity contribution < 1.29 is 46.2 Å². The van der Waals surface area contributed by atoms with E-state index in [0.29, 0.717) is 91.5 Å².